The molecule has 1 amide bonds. The van der Waals surface area contributed by atoms with Gasteiger partial charge in [0.15, 0.2) is 0 Å². The fourth-order valence-electron chi connectivity index (χ4n) is 1.46. The number of rotatable bonds is 1. The third-order valence-corrected chi connectivity index (χ3v) is 2.03. The highest BCUT2D eigenvalue weighted by atomic mass is 16.3. The number of hydrogen-bond donors (Lipinski definition) is 2. The molecule has 1 fully saturated rings. The molecule has 3 heteroatoms. The molecule has 1 unspecified atom stereocenters. The molecule has 3 atom stereocenters. The van der Waals surface area contributed by atoms with Gasteiger partial charge >= 0.3 is 0 Å². The highest BCUT2D eigenvalue weighted by Crippen LogP contribution is 2.20. The Morgan fingerprint density at radius 3 is 2.60 bits per heavy atom. The van der Waals surface area contributed by atoms with Gasteiger partial charge in [0.2, 0.25) is 5.91 Å². The Bertz CT molecular complexity index is 145. The average Bonchev–Trinajstić information content (AvgIpc) is 2.11. The van der Waals surface area contributed by atoms with Crippen LogP contribution < -0.4 is 5.32 Å². The number of carbonyl (C=O) groups excluding carboxylic acids is 1. The molecule has 0 bridgehead atoms. The van der Waals surface area contributed by atoms with Crippen LogP contribution in [0.3, 0.4) is 0 Å². The highest BCUT2D eigenvalue weighted by molar-refractivity contribution is 5.81. The summed E-state index contributed by atoms with van der Waals surface area (Å²) in [5.74, 6) is 0.0648. The lowest BCUT2D eigenvalue weighted by molar-refractivity contribution is -0.125. The van der Waals surface area contributed by atoms with E-state index in [2.05, 4.69) is 5.32 Å². The monoisotopic (exact) mass is 143 g/mol. The largest absolute Gasteiger partial charge is 0.393 e. The van der Waals surface area contributed by atoms with Gasteiger partial charge in [-0.05, 0) is 12.8 Å². The number of hydrogen-bond acceptors (Lipinski definition) is 2. The molecule has 2 N–H and O–H groups in total. The molecule has 1 rings (SSSR count). The summed E-state index contributed by atoms with van der Waals surface area (Å²) in [6.45, 7) is 4.33. The van der Waals surface area contributed by atoms with Crippen molar-refractivity contribution in [2.45, 2.75) is 20.0 Å². The Balaban J connectivity index is 2.63. The first kappa shape index (κ1) is 7.54. The van der Waals surface area contributed by atoms with Crippen LogP contribution in [-0.4, -0.2) is 23.7 Å². The molecule has 1 aliphatic heterocycles. The van der Waals surface area contributed by atoms with Gasteiger partial charge in [-0.25, -0.2) is 0 Å². The van der Waals surface area contributed by atoms with Gasteiger partial charge in [0.1, 0.15) is 0 Å². The molecule has 3 nitrogen and oxygen atoms in total. The summed E-state index contributed by atoms with van der Waals surface area (Å²) < 4.78 is 0. The molecule has 0 aliphatic carbocycles. The first-order valence-corrected chi connectivity index (χ1v) is 3.58. The molecular formula is C7H13NO2. The van der Waals surface area contributed by atoms with E-state index in [1.54, 1.807) is 6.92 Å². The third kappa shape index (κ3) is 1.14. The lowest BCUT2D eigenvalue weighted by Gasteiger charge is -2.14. The summed E-state index contributed by atoms with van der Waals surface area (Å²) >= 11 is 0. The lowest BCUT2D eigenvalue weighted by Crippen LogP contribution is -2.28. The van der Waals surface area contributed by atoms with E-state index in [1.165, 1.54) is 0 Å². The van der Waals surface area contributed by atoms with Crippen LogP contribution in [0, 0.1) is 11.8 Å². The van der Waals surface area contributed by atoms with E-state index >= 15 is 0 Å². The van der Waals surface area contributed by atoms with Gasteiger partial charge in [-0.2, -0.15) is 0 Å². The zero-order valence-corrected chi connectivity index (χ0v) is 6.29. The maximum atomic E-state index is 11.0. The minimum atomic E-state index is -0.516. The van der Waals surface area contributed by atoms with E-state index in [1.807, 2.05) is 6.92 Å². The van der Waals surface area contributed by atoms with Crippen LogP contribution >= 0.6 is 0 Å². The van der Waals surface area contributed by atoms with Crippen molar-refractivity contribution in [1.29, 1.82) is 0 Å². The van der Waals surface area contributed by atoms with Gasteiger partial charge in [0.25, 0.3) is 0 Å². The maximum absolute atomic E-state index is 11.0. The summed E-state index contributed by atoms with van der Waals surface area (Å²) in [5.41, 5.74) is 0. The molecule has 1 heterocycles. The van der Waals surface area contributed by atoms with Crippen LogP contribution in [-0.2, 0) is 4.79 Å². The fourth-order valence-corrected chi connectivity index (χ4v) is 1.46. The summed E-state index contributed by atoms with van der Waals surface area (Å²) in [6.07, 6.45) is -0.516. The van der Waals surface area contributed by atoms with Crippen LogP contribution in [0.1, 0.15) is 13.8 Å². The van der Waals surface area contributed by atoms with E-state index in [4.69, 9.17) is 5.11 Å². The molecule has 1 saturated heterocycles. The molecule has 0 aromatic rings. The summed E-state index contributed by atoms with van der Waals surface area (Å²) in [4.78, 5) is 11.0. The number of aliphatic hydroxyl groups excluding tert-OH is 1. The number of carbonyl (C=O) groups is 1. The van der Waals surface area contributed by atoms with Crippen molar-refractivity contribution in [3.8, 4) is 0 Å². The van der Waals surface area contributed by atoms with Gasteiger partial charge in [-0.15, -0.1) is 0 Å². The van der Waals surface area contributed by atoms with E-state index in [0.29, 0.717) is 6.54 Å². The van der Waals surface area contributed by atoms with Gasteiger partial charge in [-0.1, -0.05) is 6.92 Å². The maximum Gasteiger partial charge on any atom is 0.226 e. The van der Waals surface area contributed by atoms with Crippen LogP contribution in [0.4, 0.5) is 0 Å². The van der Waals surface area contributed by atoms with Crippen LogP contribution in [0.5, 0.6) is 0 Å². The Labute approximate surface area is 60.4 Å². The molecule has 10 heavy (non-hydrogen) atoms. The molecule has 0 spiro atoms. The first-order chi connectivity index (χ1) is 4.63. The van der Waals surface area contributed by atoms with E-state index < -0.39 is 6.10 Å². The molecule has 0 saturated carbocycles. The van der Waals surface area contributed by atoms with E-state index in [0.717, 1.165) is 0 Å². The van der Waals surface area contributed by atoms with Crippen molar-refractivity contribution in [3.05, 3.63) is 0 Å². The molecular weight excluding hydrogens is 130 g/mol. The van der Waals surface area contributed by atoms with Crippen LogP contribution in [0.15, 0.2) is 0 Å². The average molecular weight is 143 g/mol. The lowest BCUT2D eigenvalue weighted by atomic mass is 9.93. The van der Waals surface area contributed by atoms with Gasteiger partial charge in [0.05, 0.1) is 12.0 Å². The second kappa shape index (κ2) is 2.58. The van der Waals surface area contributed by atoms with Gasteiger partial charge < -0.3 is 10.4 Å². The predicted octanol–water partition coefficient (Wildman–Crippen LogP) is -0.251. The minimum Gasteiger partial charge on any atom is -0.393 e. The SMILES string of the molecule is CC1CNC(=O)[C@@H]1[C@H](C)O. The Morgan fingerprint density at radius 1 is 1.80 bits per heavy atom. The molecule has 0 aromatic heterocycles. The highest BCUT2D eigenvalue weighted by Gasteiger charge is 2.34. The van der Waals surface area contributed by atoms with E-state index in [9.17, 15) is 4.79 Å². The Morgan fingerprint density at radius 2 is 2.40 bits per heavy atom. The second-order valence-electron chi connectivity index (χ2n) is 2.99. The minimum absolute atomic E-state index is 0.0116. The molecule has 0 aromatic carbocycles. The predicted molar refractivity (Wildman–Crippen MR) is 37.3 cm³/mol. The number of amides is 1. The Kier molecular flexibility index (Phi) is 1.94. The molecule has 58 valence electrons. The van der Waals surface area contributed by atoms with Crippen LogP contribution in [0.2, 0.25) is 0 Å². The van der Waals surface area contributed by atoms with Crippen molar-refractivity contribution in [2.24, 2.45) is 11.8 Å². The zero-order valence-electron chi connectivity index (χ0n) is 6.29. The van der Waals surface area contributed by atoms with Crippen LogP contribution in [0.25, 0.3) is 0 Å². The summed E-state index contributed by atoms with van der Waals surface area (Å²) in [5, 5.41) is 11.8. The smallest absolute Gasteiger partial charge is 0.226 e. The quantitative estimate of drug-likeness (QED) is 0.531. The topological polar surface area (TPSA) is 49.3 Å². The molecule has 1 aliphatic rings. The van der Waals surface area contributed by atoms with Crippen molar-refractivity contribution < 1.29 is 9.90 Å². The first-order valence-electron chi connectivity index (χ1n) is 3.58. The number of aliphatic hydroxyl groups is 1. The van der Waals surface area contributed by atoms with Gasteiger partial charge in [-0.3, -0.25) is 4.79 Å². The fraction of sp³-hybridized carbons (Fsp3) is 0.857. The summed E-state index contributed by atoms with van der Waals surface area (Å²) in [7, 11) is 0. The third-order valence-electron chi connectivity index (χ3n) is 2.03. The number of nitrogens with one attached hydrogen (secondary N) is 1. The molecule has 0 radical (unpaired) electrons. The van der Waals surface area contributed by atoms with Crippen molar-refractivity contribution in [2.75, 3.05) is 6.54 Å². The zero-order chi connectivity index (χ0) is 7.72. The van der Waals surface area contributed by atoms with Crippen molar-refractivity contribution in [1.82, 2.24) is 5.32 Å². The normalized spacial score (nSPS) is 35.7. The van der Waals surface area contributed by atoms with Crippen molar-refractivity contribution >= 4 is 5.91 Å². The second-order valence-corrected chi connectivity index (χ2v) is 2.99. The standard InChI is InChI=1S/C7H13NO2/c1-4-3-8-7(10)6(4)5(2)9/h4-6,9H,3H2,1-2H3,(H,8,10)/t4?,5-,6-/m0/s1. The van der Waals surface area contributed by atoms with Gasteiger partial charge in [0, 0.05) is 6.54 Å². The van der Waals surface area contributed by atoms with E-state index in [-0.39, 0.29) is 17.7 Å². The Hall–Kier alpha value is -0.570. The van der Waals surface area contributed by atoms with Crippen molar-refractivity contribution in [3.63, 3.8) is 0 Å². The summed E-state index contributed by atoms with van der Waals surface area (Å²) in [6, 6.07) is 0.